The number of nitrogens with zero attached hydrogens (tertiary/aromatic N) is 1. The number of amides is 1. The summed E-state index contributed by atoms with van der Waals surface area (Å²) in [7, 11) is 0. The second-order valence-corrected chi connectivity index (χ2v) is 5.57. The molecule has 4 heteroatoms. The Bertz CT molecular complexity index is 819. The van der Waals surface area contributed by atoms with Crippen molar-refractivity contribution >= 4 is 28.4 Å². The summed E-state index contributed by atoms with van der Waals surface area (Å²) < 4.78 is 2.21. The average Bonchev–Trinajstić information content (AvgIpc) is 2.76. The molecule has 0 radical (unpaired) electrons. The van der Waals surface area contributed by atoms with Crippen LogP contribution in [0.5, 0.6) is 0 Å². The summed E-state index contributed by atoms with van der Waals surface area (Å²) in [5, 5.41) is 1.76. The maximum Gasteiger partial charge on any atom is 0.248 e. The number of aryl methyl sites for hydroxylation is 1. The van der Waals surface area contributed by atoms with E-state index < -0.39 is 5.91 Å². The van der Waals surface area contributed by atoms with Crippen LogP contribution < -0.4 is 5.73 Å². The van der Waals surface area contributed by atoms with Gasteiger partial charge >= 0.3 is 0 Å². The van der Waals surface area contributed by atoms with Crippen LogP contribution in [-0.2, 0) is 6.54 Å². The number of halogens is 1. The normalized spacial score (nSPS) is 11.0. The molecule has 0 bridgehead atoms. The van der Waals surface area contributed by atoms with E-state index in [1.165, 1.54) is 5.56 Å². The van der Waals surface area contributed by atoms with Gasteiger partial charge in [0.15, 0.2) is 0 Å². The Balaban J connectivity index is 2.04. The first-order valence-electron chi connectivity index (χ1n) is 6.69. The first-order chi connectivity index (χ1) is 10.0. The topological polar surface area (TPSA) is 48.0 Å². The van der Waals surface area contributed by atoms with Gasteiger partial charge in [0.05, 0.1) is 0 Å². The molecule has 0 saturated heterocycles. The quantitative estimate of drug-likeness (QED) is 0.786. The van der Waals surface area contributed by atoms with E-state index in [0.717, 1.165) is 28.2 Å². The number of carbonyl (C=O) groups is 1. The van der Waals surface area contributed by atoms with Gasteiger partial charge in [-0.1, -0.05) is 23.7 Å². The van der Waals surface area contributed by atoms with Gasteiger partial charge in [-0.05, 0) is 48.9 Å². The zero-order chi connectivity index (χ0) is 15.0. The zero-order valence-electron chi connectivity index (χ0n) is 11.6. The second-order valence-electron chi connectivity index (χ2n) is 5.14. The van der Waals surface area contributed by atoms with Crippen molar-refractivity contribution in [1.29, 1.82) is 0 Å². The molecule has 3 aromatic rings. The SMILES string of the molecule is Cc1cc2cc(C(N)=O)ccc2n1Cc1ccc(Cl)cc1. The molecule has 2 N–H and O–H groups in total. The van der Waals surface area contributed by atoms with Crippen LogP contribution in [-0.4, -0.2) is 10.5 Å². The summed E-state index contributed by atoms with van der Waals surface area (Å²) in [6.07, 6.45) is 0. The van der Waals surface area contributed by atoms with Crippen molar-refractivity contribution < 1.29 is 4.79 Å². The van der Waals surface area contributed by atoms with Crippen molar-refractivity contribution in [1.82, 2.24) is 4.57 Å². The van der Waals surface area contributed by atoms with Gasteiger partial charge in [0.1, 0.15) is 0 Å². The molecule has 1 aromatic heterocycles. The summed E-state index contributed by atoms with van der Waals surface area (Å²) in [5.41, 5.74) is 9.27. The molecule has 0 spiro atoms. The lowest BCUT2D eigenvalue weighted by molar-refractivity contribution is 0.100. The molecule has 0 aliphatic rings. The zero-order valence-corrected chi connectivity index (χ0v) is 12.4. The van der Waals surface area contributed by atoms with E-state index in [2.05, 4.69) is 17.6 Å². The number of hydrogen-bond acceptors (Lipinski definition) is 1. The smallest absolute Gasteiger partial charge is 0.248 e. The van der Waals surface area contributed by atoms with Crippen LogP contribution in [0.25, 0.3) is 10.9 Å². The van der Waals surface area contributed by atoms with Crippen molar-refractivity contribution in [2.45, 2.75) is 13.5 Å². The molecule has 3 nitrogen and oxygen atoms in total. The van der Waals surface area contributed by atoms with Gasteiger partial charge in [-0.3, -0.25) is 4.79 Å². The lowest BCUT2D eigenvalue weighted by atomic mass is 10.1. The van der Waals surface area contributed by atoms with E-state index in [1.807, 2.05) is 36.4 Å². The van der Waals surface area contributed by atoms with Crippen LogP contribution in [0, 0.1) is 6.92 Å². The standard InChI is InChI=1S/C17H15ClN2O/c1-11-8-14-9-13(17(19)21)4-7-16(14)20(11)10-12-2-5-15(18)6-3-12/h2-9H,10H2,1H3,(H2,19,21). The van der Waals surface area contributed by atoms with Crippen LogP contribution in [0.1, 0.15) is 21.6 Å². The molecule has 2 aromatic carbocycles. The van der Waals surface area contributed by atoms with E-state index in [-0.39, 0.29) is 0 Å². The predicted molar refractivity (Wildman–Crippen MR) is 85.7 cm³/mol. The maximum absolute atomic E-state index is 11.3. The number of benzene rings is 2. The third-order valence-corrected chi connectivity index (χ3v) is 3.90. The van der Waals surface area contributed by atoms with E-state index in [9.17, 15) is 4.79 Å². The van der Waals surface area contributed by atoms with Crippen molar-refractivity contribution in [3.8, 4) is 0 Å². The van der Waals surface area contributed by atoms with Crippen LogP contribution in [0.4, 0.5) is 0 Å². The van der Waals surface area contributed by atoms with E-state index >= 15 is 0 Å². The highest BCUT2D eigenvalue weighted by Crippen LogP contribution is 2.22. The minimum Gasteiger partial charge on any atom is -0.366 e. The van der Waals surface area contributed by atoms with Crippen LogP contribution in [0.3, 0.4) is 0 Å². The third kappa shape index (κ3) is 2.65. The first-order valence-corrected chi connectivity index (χ1v) is 7.06. The minimum absolute atomic E-state index is 0.403. The van der Waals surface area contributed by atoms with Gasteiger partial charge in [-0.25, -0.2) is 0 Å². The average molecular weight is 299 g/mol. The Labute approximate surface area is 127 Å². The number of aromatic nitrogens is 1. The highest BCUT2D eigenvalue weighted by atomic mass is 35.5. The molecule has 3 rings (SSSR count). The molecule has 0 fully saturated rings. The first kappa shape index (κ1) is 13.7. The van der Waals surface area contributed by atoms with Gasteiger partial charge in [-0.15, -0.1) is 0 Å². The lowest BCUT2D eigenvalue weighted by Gasteiger charge is -2.09. The third-order valence-electron chi connectivity index (χ3n) is 3.65. The monoisotopic (exact) mass is 298 g/mol. The van der Waals surface area contributed by atoms with E-state index in [0.29, 0.717) is 5.56 Å². The predicted octanol–water partition coefficient (Wildman–Crippen LogP) is 3.75. The highest BCUT2D eigenvalue weighted by Gasteiger charge is 2.09. The fourth-order valence-corrected chi connectivity index (χ4v) is 2.67. The molecule has 21 heavy (non-hydrogen) atoms. The summed E-state index contributed by atoms with van der Waals surface area (Å²) >= 11 is 5.92. The highest BCUT2D eigenvalue weighted by molar-refractivity contribution is 6.30. The van der Waals surface area contributed by atoms with Crippen molar-refractivity contribution in [2.75, 3.05) is 0 Å². The van der Waals surface area contributed by atoms with Gasteiger partial charge in [0, 0.05) is 33.7 Å². The molecule has 0 aliphatic heterocycles. The fourth-order valence-electron chi connectivity index (χ4n) is 2.54. The maximum atomic E-state index is 11.3. The number of rotatable bonds is 3. The Morgan fingerprint density at radius 2 is 1.86 bits per heavy atom. The summed E-state index contributed by atoms with van der Waals surface area (Å²) in [6.45, 7) is 2.82. The van der Waals surface area contributed by atoms with Gasteiger partial charge in [0.2, 0.25) is 5.91 Å². The fraction of sp³-hybridized carbons (Fsp3) is 0.118. The van der Waals surface area contributed by atoms with Gasteiger partial charge in [0.25, 0.3) is 0 Å². The van der Waals surface area contributed by atoms with Gasteiger partial charge < -0.3 is 10.3 Å². The van der Waals surface area contributed by atoms with Crippen molar-refractivity contribution in [3.63, 3.8) is 0 Å². The number of nitrogens with two attached hydrogens (primary N) is 1. The summed E-state index contributed by atoms with van der Waals surface area (Å²) in [4.78, 5) is 11.3. The van der Waals surface area contributed by atoms with Crippen LogP contribution >= 0.6 is 11.6 Å². The second kappa shape index (κ2) is 5.26. The number of primary amides is 1. The largest absolute Gasteiger partial charge is 0.366 e. The molecule has 106 valence electrons. The van der Waals surface area contributed by atoms with Gasteiger partial charge in [-0.2, -0.15) is 0 Å². The Hall–Kier alpha value is -2.26. The van der Waals surface area contributed by atoms with E-state index in [4.69, 9.17) is 17.3 Å². The molecular formula is C17H15ClN2O. The van der Waals surface area contributed by atoms with Crippen molar-refractivity contribution in [2.24, 2.45) is 5.73 Å². The number of carbonyl (C=O) groups excluding carboxylic acids is 1. The Morgan fingerprint density at radius 1 is 1.14 bits per heavy atom. The summed E-state index contributed by atoms with van der Waals surface area (Å²) in [6, 6.07) is 15.4. The van der Waals surface area contributed by atoms with E-state index in [1.54, 1.807) is 6.07 Å². The molecule has 0 aliphatic carbocycles. The molecule has 0 unspecified atom stereocenters. The Kier molecular flexibility index (Phi) is 3.43. The van der Waals surface area contributed by atoms with Crippen LogP contribution in [0.2, 0.25) is 5.02 Å². The molecule has 1 heterocycles. The van der Waals surface area contributed by atoms with Crippen molar-refractivity contribution in [3.05, 3.63) is 70.4 Å². The van der Waals surface area contributed by atoms with Crippen LogP contribution in [0.15, 0.2) is 48.5 Å². The molecule has 1 amide bonds. The number of fused-ring (bicyclic) bond motifs is 1. The summed E-state index contributed by atoms with van der Waals surface area (Å²) in [5.74, 6) is -0.403. The number of hydrogen-bond donors (Lipinski definition) is 1. The molecular weight excluding hydrogens is 284 g/mol. The Morgan fingerprint density at radius 3 is 2.52 bits per heavy atom. The molecule has 0 saturated carbocycles. The minimum atomic E-state index is -0.403. The lowest BCUT2D eigenvalue weighted by Crippen LogP contribution is -2.10. The molecule has 0 atom stereocenters.